The van der Waals surface area contributed by atoms with Gasteiger partial charge >= 0.3 is 12.3 Å². The monoisotopic (exact) mass is 265 g/mol. The zero-order chi connectivity index (χ0) is 13.9. The highest BCUT2D eigenvalue weighted by Gasteiger charge is 2.33. The molecule has 0 radical (unpaired) electrons. The third-order valence-electron chi connectivity index (χ3n) is 1.93. The van der Waals surface area contributed by atoms with E-state index in [1.807, 2.05) is 0 Å². The second-order valence-electron chi connectivity index (χ2n) is 3.31. The van der Waals surface area contributed by atoms with Gasteiger partial charge in [0, 0.05) is 6.54 Å². The fourth-order valence-corrected chi connectivity index (χ4v) is 1.24. The van der Waals surface area contributed by atoms with Gasteiger partial charge in [-0.25, -0.2) is 4.98 Å². The number of carboxylic acids is 1. The second kappa shape index (κ2) is 5.08. The summed E-state index contributed by atoms with van der Waals surface area (Å²) < 4.78 is 39.9. The minimum absolute atomic E-state index is 0.114. The lowest BCUT2D eigenvalue weighted by Crippen LogP contribution is -2.20. The van der Waals surface area contributed by atoms with Gasteiger partial charge in [0.05, 0.1) is 17.8 Å². The highest BCUT2D eigenvalue weighted by Crippen LogP contribution is 2.29. The highest BCUT2D eigenvalue weighted by atomic mass is 19.4. The molecule has 0 amide bonds. The lowest BCUT2D eigenvalue weighted by atomic mass is 10.1. The van der Waals surface area contributed by atoms with Crippen molar-refractivity contribution in [2.45, 2.75) is 19.3 Å². The molecule has 1 aromatic heterocycles. The Labute approximate surface area is 99.4 Å². The van der Waals surface area contributed by atoms with Crippen LogP contribution in [0, 0.1) is 0 Å². The number of nitrogen functional groups attached to an aromatic ring is 1. The number of carboxylic acid groups (broad SMARTS) is 1. The van der Waals surface area contributed by atoms with Crippen molar-refractivity contribution < 1.29 is 27.8 Å². The molecule has 0 fully saturated rings. The first-order chi connectivity index (χ1) is 8.23. The number of nitrogens with two attached hydrogens (primary N) is 2. The van der Waals surface area contributed by atoms with Crippen LogP contribution in [0.1, 0.15) is 11.3 Å². The Morgan fingerprint density at radius 3 is 2.56 bits per heavy atom. The van der Waals surface area contributed by atoms with Crippen molar-refractivity contribution in [3.05, 3.63) is 17.3 Å². The van der Waals surface area contributed by atoms with Crippen molar-refractivity contribution in [1.82, 2.24) is 4.98 Å². The van der Waals surface area contributed by atoms with Crippen molar-refractivity contribution in [3.63, 3.8) is 0 Å². The maximum atomic E-state index is 12.1. The number of anilines is 1. The SMILES string of the molecule is NCc1cc(CC(=O)O)nc(OC(F)(F)F)c1N. The van der Waals surface area contributed by atoms with Crippen molar-refractivity contribution in [1.29, 1.82) is 0 Å². The van der Waals surface area contributed by atoms with Crippen LogP contribution in [0.2, 0.25) is 0 Å². The van der Waals surface area contributed by atoms with Crippen LogP contribution in [0.15, 0.2) is 6.07 Å². The normalized spacial score (nSPS) is 11.3. The molecule has 1 rings (SSSR count). The smallest absolute Gasteiger partial charge is 0.481 e. The Hall–Kier alpha value is -2.03. The van der Waals surface area contributed by atoms with E-state index >= 15 is 0 Å². The molecule has 0 saturated carbocycles. The van der Waals surface area contributed by atoms with Crippen LogP contribution in [0.5, 0.6) is 5.88 Å². The summed E-state index contributed by atoms with van der Waals surface area (Å²) in [5.41, 5.74) is 10.3. The van der Waals surface area contributed by atoms with Gasteiger partial charge in [0.1, 0.15) is 0 Å². The molecule has 0 unspecified atom stereocenters. The Morgan fingerprint density at radius 1 is 1.50 bits per heavy atom. The predicted octanol–water partition coefficient (Wildman–Crippen LogP) is 0.648. The van der Waals surface area contributed by atoms with Gasteiger partial charge in [-0.15, -0.1) is 13.2 Å². The molecule has 1 heterocycles. The minimum Gasteiger partial charge on any atom is -0.481 e. The summed E-state index contributed by atoms with van der Waals surface area (Å²) in [5.74, 6) is -2.13. The largest absolute Gasteiger partial charge is 0.574 e. The van der Waals surface area contributed by atoms with E-state index in [0.29, 0.717) is 0 Å². The summed E-state index contributed by atoms with van der Waals surface area (Å²) in [6.45, 7) is -0.158. The summed E-state index contributed by atoms with van der Waals surface area (Å²) in [7, 11) is 0. The number of hydrogen-bond donors (Lipinski definition) is 3. The Kier molecular flexibility index (Phi) is 3.96. The van der Waals surface area contributed by atoms with Gasteiger partial charge in [-0.3, -0.25) is 4.79 Å². The van der Waals surface area contributed by atoms with Gasteiger partial charge in [-0.05, 0) is 11.6 Å². The first-order valence-electron chi connectivity index (χ1n) is 4.69. The molecule has 100 valence electrons. The number of pyridine rings is 1. The summed E-state index contributed by atoms with van der Waals surface area (Å²) in [4.78, 5) is 13.9. The van der Waals surface area contributed by atoms with Crippen LogP contribution in [0.4, 0.5) is 18.9 Å². The third-order valence-corrected chi connectivity index (χ3v) is 1.93. The van der Waals surface area contributed by atoms with E-state index in [1.165, 1.54) is 6.07 Å². The number of nitrogens with zero attached hydrogens (tertiary/aromatic N) is 1. The molecule has 0 atom stereocenters. The molecule has 18 heavy (non-hydrogen) atoms. The van der Waals surface area contributed by atoms with Crippen LogP contribution in [0.25, 0.3) is 0 Å². The number of rotatable bonds is 4. The number of hydrogen-bond acceptors (Lipinski definition) is 5. The second-order valence-corrected chi connectivity index (χ2v) is 3.31. The molecule has 0 bridgehead atoms. The predicted molar refractivity (Wildman–Crippen MR) is 54.6 cm³/mol. The Balaban J connectivity index is 3.18. The maximum absolute atomic E-state index is 12.1. The van der Waals surface area contributed by atoms with Crippen molar-refractivity contribution in [2.75, 3.05) is 5.73 Å². The van der Waals surface area contributed by atoms with E-state index in [0.717, 1.165) is 0 Å². The topological polar surface area (TPSA) is 111 Å². The van der Waals surface area contributed by atoms with Crippen molar-refractivity contribution in [2.24, 2.45) is 5.73 Å². The molecule has 0 aliphatic rings. The van der Waals surface area contributed by atoms with E-state index in [4.69, 9.17) is 16.6 Å². The highest BCUT2D eigenvalue weighted by molar-refractivity contribution is 5.70. The maximum Gasteiger partial charge on any atom is 0.574 e. The van der Waals surface area contributed by atoms with Crippen LogP contribution < -0.4 is 16.2 Å². The Bertz CT molecular complexity index is 462. The fourth-order valence-electron chi connectivity index (χ4n) is 1.24. The van der Waals surface area contributed by atoms with Gasteiger partial charge in [0.25, 0.3) is 0 Å². The molecule has 5 N–H and O–H groups in total. The summed E-state index contributed by atoms with van der Waals surface area (Å²) in [6, 6.07) is 1.23. The number of aromatic nitrogens is 1. The Morgan fingerprint density at radius 2 is 2.11 bits per heavy atom. The lowest BCUT2D eigenvalue weighted by molar-refractivity contribution is -0.275. The molecular formula is C9H10F3N3O3. The molecule has 0 aromatic carbocycles. The molecule has 0 aliphatic carbocycles. The molecule has 6 nitrogen and oxygen atoms in total. The number of alkyl halides is 3. The van der Waals surface area contributed by atoms with Crippen LogP contribution >= 0.6 is 0 Å². The summed E-state index contributed by atoms with van der Waals surface area (Å²) >= 11 is 0. The minimum atomic E-state index is -4.96. The zero-order valence-electron chi connectivity index (χ0n) is 8.99. The third kappa shape index (κ3) is 3.77. The van der Waals surface area contributed by atoms with E-state index in [9.17, 15) is 18.0 Å². The molecule has 0 aliphatic heterocycles. The van der Waals surface area contributed by atoms with E-state index in [1.54, 1.807) is 0 Å². The van der Waals surface area contributed by atoms with Crippen molar-refractivity contribution in [3.8, 4) is 5.88 Å². The fraction of sp³-hybridized carbons (Fsp3) is 0.333. The van der Waals surface area contributed by atoms with Crippen LogP contribution in [-0.2, 0) is 17.8 Å². The van der Waals surface area contributed by atoms with E-state index in [-0.39, 0.29) is 23.5 Å². The molecular weight excluding hydrogens is 255 g/mol. The van der Waals surface area contributed by atoms with E-state index in [2.05, 4.69) is 9.72 Å². The summed E-state index contributed by atoms with van der Waals surface area (Å²) in [6.07, 6.45) is -5.52. The molecule has 1 aromatic rings. The number of carbonyl (C=O) groups is 1. The van der Waals surface area contributed by atoms with Gasteiger partial charge in [-0.1, -0.05) is 0 Å². The standard InChI is InChI=1S/C9H10F3N3O3/c10-9(11,12)18-8-7(14)4(3-13)1-5(15-8)2-6(16)17/h1H,2-3,13-14H2,(H,16,17). The number of ether oxygens (including phenoxy) is 1. The van der Waals surface area contributed by atoms with Crippen LogP contribution in [-0.4, -0.2) is 22.4 Å². The number of halogens is 3. The van der Waals surface area contributed by atoms with Gasteiger partial charge in [-0.2, -0.15) is 0 Å². The molecule has 0 saturated heterocycles. The lowest BCUT2D eigenvalue weighted by Gasteiger charge is -2.13. The zero-order valence-corrected chi connectivity index (χ0v) is 8.99. The quantitative estimate of drug-likeness (QED) is 0.736. The molecule has 0 spiro atoms. The van der Waals surface area contributed by atoms with Crippen molar-refractivity contribution >= 4 is 11.7 Å². The summed E-state index contributed by atoms with van der Waals surface area (Å²) in [5, 5.41) is 8.56. The average molecular weight is 265 g/mol. The van der Waals surface area contributed by atoms with E-state index < -0.39 is 24.6 Å². The molecule has 9 heteroatoms. The van der Waals surface area contributed by atoms with Gasteiger partial charge < -0.3 is 21.3 Å². The van der Waals surface area contributed by atoms with Gasteiger partial charge in [0.15, 0.2) is 0 Å². The number of aliphatic carboxylic acids is 1. The average Bonchev–Trinajstić information content (AvgIpc) is 2.19. The van der Waals surface area contributed by atoms with Crippen LogP contribution in [0.3, 0.4) is 0 Å². The first-order valence-corrected chi connectivity index (χ1v) is 4.69. The first kappa shape index (κ1) is 14.0. The van der Waals surface area contributed by atoms with Gasteiger partial charge in [0.2, 0.25) is 5.88 Å².